The molecule has 0 aliphatic carbocycles. The number of phenolic OH excluding ortho intramolecular Hbond substituents is 2. The molecule has 2 aromatic heterocycles. The number of aromatic hydroxyl groups is 2. The Morgan fingerprint density at radius 3 is 1.19 bits per heavy atom. The molecule has 0 spiro atoms. The summed E-state index contributed by atoms with van der Waals surface area (Å²) < 4.78 is 9.94. The summed E-state index contributed by atoms with van der Waals surface area (Å²) in [5.41, 5.74) is 8.71. The van der Waals surface area contributed by atoms with E-state index in [1.54, 1.807) is 57.4 Å². The molecule has 0 aliphatic heterocycles. The number of ether oxygens (including phenoxy) is 2. The van der Waals surface area contributed by atoms with Gasteiger partial charge in [0.15, 0.2) is 23.0 Å². The molecule has 5 N–H and O–H groups in total. The second kappa shape index (κ2) is 25.1. The number of aromatic nitrogens is 4. The number of nitrogens with zero attached hydrogens (tertiary/aromatic N) is 7. The zero-order chi connectivity index (χ0) is 48.1. The van der Waals surface area contributed by atoms with Gasteiger partial charge >= 0.3 is 0 Å². The van der Waals surface area contributed by atoms with Crippen LogP contribution in [0.15, 0.2) is 175 Å². The van der Waals surface area contributed by atoms with E-state index in [0.29, 0.717) is 35.2 Å². The average molecular weight is 899 g/mol. The van der Waals surface area contributed by atoms with Gasteiger partial charge < -0.3 is 24.8 Å². The van der Waals surface area contributed by atoms with Gasteiger partial charge in [0.05, 0.1) is 43.2 Å². The smallest absolute Gasteiger partial charge is 0.247 e. The lowest BCUT2D eigenvalue weighted by molar-refractivity contribution is 0.112. The quantitative estimate of drug-likeness (QED) is 0.0415. The number of anilines is 2. The third-order valence-electron chi connectivity index (χ3n) is 9.24. The van der Waals surface area contributed by atoms with E-state index in [9.17, 15) is 9.90 Å². The average Bonchev–Trinajstić information content (AvgIpc) is 3.37. The van der Waals surface area contributed by atoms with Crippen molar-refractivity contribution in [1.29, 1.82) is 0 Å². The van der Waals surface area contributed by atoms with Crippen LogP contribution in [-0.2, 0) is 0 Å². The molecule has 0 saturated carbocycles. The van der Waals surface area contributed by atoms with Crippen LogP contribution in [0.4, 0.5) is 11.9 Å². The van der Waals surface area contributed by atoms with E-state index in [-0.39, 0.29) is 17.6 Å². The maximum absolute atomic E-state index is 10.2. The summed E-state index contributed by atoms with van der Waals surface area (Å²) in [6, 6.07) is 53.4. The van der Waals surface area contributed by atoms with E-state index in [1.807, 2.05) is 133 Å². The number of carbonyl (C=O) groups excluding carboxylic acids is 1. The Morgan fingerprint density at radius 2 is 0.866 bits per heavy atom. The molecular formula is C53H54N8O6. The standard InChI is InChI=1S/C25H22N4O2.C17H16N4.C8H8O3.C3H8O/c1-29(26-17-18-13-14-23(30)24(15-18)31-2)25-27-21(19-9-5-3-6-10-19)16-22(28-25)20-11-7-4-8-12-20;1-21(18)17-19-15(13-8-4-2-5-9-13)12-16(20-17)14-10-6-3-7-11-14;1-11-8-4-6(5-9)2-3-7(8)10;1-3(2)4/h3-17,30H,1-2H3;2-12H,18H2,1H3;2-5,10H,1H3;3-4H,1-2H3/b26-17-;;;. The van der Waals surface area contributed by atoms with Gasteiger partial charge in [-0.15, -0.1) is 0 Å². The van der Waals surface area contributed by atoms with Crippen LogP contribution in [0.3, 0.4) is 0 Å². The number of benzene rings is 6. The van der Waals surface area contributed by atoms with Crippen molar-refractivity contribution in [2.45, 2.75) is 20.0 Å². The number of hydrogen-bond donors (Lipinski definition) is 4. The van der Waals surface area contributed by atoms with Gasteiger partial charge in [0.25, 0.3) is 0 Å². The molecule has 67 heavy (non-hydrogen) atoms. The molecule has 2 heterocycles. The summed E-state index contributed by atoms with van der Waals surface area (Å²) >= 11 is 0. The second-order valence-electron chi connectivity index (χ2n) is 14.8. The van der Waals surface area contributed by atoms with Crippen molar-refractivity contribution in [3.8, 4) is 68.0 Å². The highest BCUT2D eigenvalue weighted by Crippen LogP contribution is 2.29. The Labute approximate surface area is 390 Å². The Bertz CT molecular complexity index is 2680. The number of aldehydes is 1. The third-order valence-corrected chi connectivity index (χ3v) is 9.24. The molecule has 0 saturated heterocycles. The first kappa shape index (κ1) is 49.6. The van der Waals surface area contributed by atoms with Crippen molar-refractivity contribution in [2.75, 3.05) is 38.3 Å². The van der Waals surface area contributed by atoms with Gasteiger partial charge in [0.1, 0.15) is 6.29 Å². The normalized spacial score (nSPS) is 10.3. The summed E-state index contributed by atoms with van der Waals surface area (Å²) in [6.45, 7) is 3.44. The predicted octanol–water partition coefficient (Wildman–Crippen LogP) is 9.72. The summed E-state index contributed by atoms with van der Waals surface area (Å²) in [4.78, 5) is 28.7. The first-order valence-corrected chi connectivity index (χ1v) is 21.0. The highest BCUT2D eigenvalue weighted by molar-refractivity contribution is 5.82. The molecule has 8 aromatic rings. The lowest BCUT2D eigenvalue weighted by atomic mass is 10.1. The predicted molar refractivity (Wildman–Crippen MR) is 266 cm³/mol. The monoisotopic (exact) mass is 898 g/mol. The summed E-state index contributed by atoms with van der Waals surface area (Å²) in [7, 11) is 6.48. The zero-order valence-corrected chi connectivity index (χ0v) is 38.2. The number of nitrogens with two attached hydrogens (primary N) is 1. The van der Waals surface area contributed by atoms with Crippen LogP contribution in [0.5, 0.6) is 23.0 Å². The largest absolute Gasteiger partial charge is 0.504 e. The number of hydrogen-bond acceptors (Lipinski definition) is 14. The van der Waals surface area contributed by atoms with Crippen molar-refractivity contribution in [3.63, 3.8) is 0 Å². The minimum absolute atomic E-state index is 0.0399. The molecule has 0 unspecified atom stereocenters. The van der Waals surface area contributed by atoms with Gasteiger partial charge in [-0.25, -0.2) is 30.8 Å². The summed E-state index contributed by atoms with van der Waals surface area (Å²) in [5.74, 6) is 7.61. The minimum Gasteiger partial charge on any atom is -0.504 e. The Hall–Kier alpha value is -8.46. The molecular weight excluding hydrogens is 845 g/mol. The van der Waals surface area contributed by atoms with E-state index in [4.69, 9.17) is 35.5 Å². The minimum atomic E-state index is -0.167. The van der Waals surface area contributed by atoms with E-state index < -0.39 is 0 Å². The molecule has 14 nitrogen and oxygen atoms in total. The number of methoxy groups -OCH3 is 2. The number of aliphatic hydroxyl groups is 1. The van der Waals surface area contributed by atoms with Crippen molar-refractivity contribution in [2.24, 2.45) is 10.9 Å². The van der Waals surface area contributed by atoms with Gasteiger partial charge in [-0.3, -0.25) is 9.80 Å². The van der Waals surface area contributed by atoms with E-state index >= 15 is 0 Å². The molecule has 0 aliphatic rings. The van der Waals surface area contributed by atoms with Crippen LogP contribution in [-0.4, -0.2) is 82.2 Å². The molecule has 8 rings (SSSR count). The number of hydrazine groups is 1. The number of hydrazone groups is 1. The lowest BCUT2D eigenvalue weighted by Gasteiger charge is -2.14. The molecule has 0 radical (unpaired) electrons. The first-order valence-electron chi connectivity index (χ1n) is 21.0. The molecule has 0 bridgehead atoms. The van der Waals surface area contributed by atoms with Crippen LogP contribution in [0.1, 0.15) is 29.8 Å². The Balaban J connectivity index is 0.000000200. The lowest BCUT2D eigenvalue weighted by Crippen LogP contribution is -2.27. The molecule has 6 aromatic carbocycles. The second-order valence-corrected chi connectivity index (χ2v) is 14.8. The summed E-state index contributed by atoms with van der Waals surface area (Å²) in [6.07, 6.45) is 2.20. The molecule has 342 valence electrons. The van der Waals surface area contributed by atoms with Gasteiger partial charge in [-0.05, 0) is 67.9 Å². The number of aliphatic hydroxyl groups excluding tert-OH is 1. The SMILES string of the molecule is CC(C)O.CN(N)c1nc(-c2ccccc2)cc(-c2ccccc2)n1.COc1cc(/C=N\N(C)c2nc(-c3ccccc3)cc(-c3ccccc3)n2)ccc1O.COc1cc(C=O)ccc1O. The van der Waals surface area contributed by atoms with Crippen LogP contribution in [0.25, 0.3) is 45.0 Å². The Morgan fingerprint density at radius 1 is 0.537 bits per heavy atom. The van der Waals surface area contributed by atoms with Crippen molar-refractivity contribution < 1.29 is 29.6 Å². The topological polar surface area (TPSA) is 193 Å². The van der Waals surface area contributed by atoms with Crippen molar-refractivity contribution >= 4 is 24.4 Å². The molecule has 0 atom stereocenters. The summed E-state index contributed by atoms with van der Waals surface area (Å²) in [5, 5.41) is 34.5. The van der Waals surface area contributed by atoms with Crippen LogP contribution in [0, 0.1) is 0 Å². The van der Waals surface area contributed by atoms with E-state index in [1.165, 1.54) is 37.4 Å². The van der Waals surface area contributed by atoms with Gasteiger partial charge in [0, 0.05) is 48.0 Å². The van der Waals surface area contributed by atoms with Gasteiger partial charge in [-0.2, -0.15) is 5.10 Å². The molecule has 0 fully saturated rings. The number of rotatable bonds is 11. The maximum atomic E-state index is 10.2. The highest BCUT2D eigenvalue weighted by atomic mass is 16.5. The van der Waals surface area contributed by atoms with Crippen LogP contribution in [0.2, 0.25) is 0 Å². The van der Waals surface area contributed by atoms with Crippen molar-refractivity contribution in [1.82, 2.24) is 19.9 Å². The third kappa shape index (κ3) is 15.1. The molecule has 14 heteroatoms. The number of phenols is 2. The maximum Gasteiger partial charge on any atom is 0.247 e. The van der Waals surface area contributed by atoms with Crippen molar-refractivity contribution in [3.05, 3.63) is 181 Å². The zero-order valence-electron chi connectivity index (χ0n) is 38.2. The highest BCUT2D eigenvalue weighted by Gasteiger charge is 2.13. The van der Waals surface area contributed by atoms with Gasteiger partial charge in [0.2, 0.25) is 11.9 Å². The fourth-order valence-corrected chi connectivity index (χ4v) is 5.95. The number of carbonyl (C=O) groups is 1. The van der Waals surface area contributed by atoms with E-state index in [2.05, 4.69) is 15.1 Å². The molecule has 0 amide bonds. The Kier molecular flexibility index (Phi) is 18.6. The van der Waals surface area contributed by atoms with E-state index in [0.717, 1.165) is 50.6 Å². The fourth-order valence-electron chi connectivity index (χ4n) is 5.95. The van der Waals surface area contributed by atoms with Crippen LogP contribution < -0.4 is 25.3 Å². The fraction of sp³-hybridized carbons (Fsp3) is 0.132. The van der Waals surface area contributed by atoms with Gasteiger partial charge in [-0.1, -0.05) is 121 Å². The first-order chi connectivity index (χ1) is 32.4. The van der Waals surface area contributed by atoms with Crippen LogP contribution >= 0.6 is 0 Å².